The van der Waals surface area contributed by atoms with Crippen LogP contribution >= 0.6 is 23.2 Å². The minimum absolute atomic E-state index is 0.00123. The molecule has 57 heavy (non-hydrogen) atoms. The summed E-state index contributed by atoms with van der Waals surface area (Å²) in [5.41, 5.74) is 3.39. The van der Waals surface area contributed by atoms with Crippen molar-refractivity contribution >= 4 is 70.8 Å². The van der Waals surface area contributed by atoms with E-state index in [-0.39, 0.29) is 52.0 Å². The van der Waals surface area contributed by atoms with Gasteiger partial charge in [-0.3, -0.25) is 29.5 Å². The zero-order valence-electron chi connectivity index (χ0n) is 30.8. The number of allylic oxidation sites excluding steroid dienone is 2. The average Bonchev–Trinajstić information content (AvgIpc) is 3.59. The molecule has 2 saturated heterocycles. The van der Waals surface area contributed by atoms with E-state index in [0.717, 1.165) is 9.91 Å². The molecule has 4 N–H and O–H groups in total. The Bertz CT molecular complexity index is 2350. The van der Waals surface area contributed by atoms with Gasteiger partial charge in [0.1, 0.15) is 5.75 Å². The van der Waals surface area contributed by atoms with Gasteiger partial charge in [-0.15, -0.1) is 0 Å². The van der Waals surface area contributed by atoms with Crippen molar-refractivity contribution in [2.75, 3.05) is 31.7 Å². The molecule has 0 bridgehead atoms. The van der Waals surface area contributed by atoms with E-state index in [0.29, 0.717) is 27.5 Å². The Morgan fingerprint density at radius 1 is 0.825 bits per heavy atom. The highest BCUT2D eigenvalue weighted by Crippen LogP contribution is 2.65. The second-order valence-corrected chi connectivity index (χ2v) is 15.3. The van der Waals surface area contributed by atoms with E-state index in [1.165, 1.54) is 45.6 Å². The molecule has 0 aromatic heterocycles. The van der Waals surface area contributed by atoms with E-state index in [4.69, 9.17) is 37.4 Å². The lowest BCUT2D eigenvalue weighted by Gasteiger charge is -2.50. The van der Waals surface area contributed by atoms with Crippen LogP contribution < -0.4 is 30.0 Å². The standard InChI is InChI=1S/C41H36BCl2N3O10/c1-55-25-10-7-21(8-11-25)41-29(38(50)47(40(41)52)45-31-14-9-23(43)18-30(31)44)19-28-26(35(41)20-15-32(56-2)36(48)33(16-20)57-3)12-13-27-34(28)39(51)46(37(27)49)24-6-4-5-22(17-24)42(53)54/h4-12,14-18,27-29,34-35,45,48,53-54H,13,19H2,1-3H3/t27-,28+,29-,34-,35-,41+/m0/s1. The molecule has 2 aliphatic carbocycles. The van der Waals surface area contributed by atoms with Crippen LogP contribution in [0, 0.1) is 23.7 Å². The minimum atomic E-state index is -1.83. The molecule has 4 aromatic carbocycles. The van der Waals surface area contributed by atoms with E-state index in [1.807, 2.05) is 6.08 Å². The number of methoxy groups -OCH3 is 3. The number of hydrogen-bond donors (Lipinski definition) is 4. The summed E-state index contributed by atoms with van der Waals surface area (Å²) in [6.45, 7) is 0. The van der Waals surface area contributed by atoms with Gasteiger partial charge in [-0.05, 0) is 89.9 Å². The number of hydrazine groups is 1. The van der Waals surface area contributed by atoms with Crippen LogP contribution in [-0.4, -0.2) is 72.2 Å². The number of fused-ring (bicyclic) bond motifs is 4. The first-order valence-electron chi connectivity index (χ1n) is 18.1. The number of nitrogens with zero attached hydrogens (tertiary/aromatic N) is 2. The zero-order valence-corrected chi connectivity index (χ0v) is 32.3. The summed E-state index contributed by atoms with van der Waals surface area (Å²) >= 11 is 12.7. The summed E-state index contributed by atoms with van der Waals surface area (Å²) in [4.78, 5) is 60.5. The van der Waals surface area contributed by atoms with Crippen molar-refractivity contribution in [2.45, 2.75) is 24.2 Å². The van der Waals surface area contributed by atoms with Crippen LogP contribution in [0.3, 0.4) is 0 Å². The number of anilines is 2. The highest BCUT2D eigenvalue weighted by Gasteiger charge is 2.70. The van der Waals surface area contributed by atoms with Crippen molar-refractivity contribution in [1.29, 1.82) is 0 Å². The number of rotatable bonds is 9. The number of ether oxygens (including phenoxy) is 3. The van der Waals surface area contributed by atoms with Crippen LogP contribution in [0.4, 0.5) is 11.4 Å². The van der Waals surface area contributed by atoms with Crippen molar-refractivity contribution in [3.8, 4) is 23.0 Å². The number of aromatic hydroxyl groups is 1. The number of carbonyl (C=O) groups excluding carboxylic acids is 4. The van der Waals surface area contributed by atoms with Gasteiger partial charge in [-0.25, -0.2) is 0 Å². The zero-order chi connectivity index (χ0) is 40.5. The number of phenols is 1. The lowest BCUT2D eigenvalue weighted by atomic mass is 9.49. The first kappa shape index (κ1) is 38.3. The molecule has 0 unspecified atom stereocenters. The molecular formula is C41H36BCl2N3O10. The summed E-state index contributed by atoms with van der Waals surface area (Å²) < 4.78 is 16.6. The van der Waals surface area contributed by atoms with Crippen LogP contribution in [0.25, 0.3) is 0 Å². The van der Waals surface area contributed by atoms with Gasteiger partial charge < -0.3 is 29.4 Å². The fourth-order valence-electron chi connectivity index (χ4n) is 9.38. The third-order valence-electron chi connectivity index (χ3n) is 11.8. The van der Waals surface area contributed by atoms with E-state index in [1.54, 1.807) is 54.6 Å². The maximum absolute atomic E-state index is 15.5. The van der Waals surface area contributed by atoms with Crippen LogP contribution in [0.2, 0.25) is 10.0 Å². The molecule has 6 atom stereocenters. The summed E-state index contributed by atoms with van der Waals surface area (Å²) in [5, 5.41) is 32.2. The highest BCUT2D eigenvalue weighted by molar-refractivity contribution is 6.58. The van der Waals surface area contributed by atoms with Crippen LogP contribution in [0.5, 0.6) is 23.0 Å². The molecule has 4 aliphatic rings. The molecule has 2 heterocycles. The summed E-state index contributed by atoms with van der Waals surface area (Å²) in [6, 6.07) is 20.6. The molecule has 1 saturated carbocycles. The number of hydrogen-bond acceptors (Lipinski definition) is 11. The van der Waals surface area contributed by atoms with Gasteiger partial charge in [0.25, 0.3) is 11.8 Å². The van der Waals surface area contributed by atoms with E-state index in [2.05, 4.69) is 5.43 Å². The number of amides is 4. The number of carbonyl (C=O) groups is 4. The van der Waals surface area contributed by atoms with Gasteiger partial charge in [0.2, 0.25) is 17.6 Å². The molecule has 4 amide bonds. The quantitative estimate of drug-likeness (QED) is 0.106. The van der Waals surface area contributed by atoms with Crippen LogP contribution in [-0.2, 0) is 24.6 Å². The SMILES string of the molecule is COc1ccc([C@@]23C(=O)N(Nc4ccc(Cl)cc4Cl)C(=O)[C@@H]2C[C@@H]2C(=CC[C@@H]4C(=O)N(c5cccc(B(O)O)c5)C(=O)[C@@H]42)[C@@H]3c2cc(OC)c(O)c(OC)c2)cc1. The number of imide groups is 2. The van der Waals surface area contributed by atoms with E-state index < -0.39 is 65.8 Å². The van der Waals surface area contributed by atoms with Gasteiger partial charge in [0, 0.05) is 10.9 Å². The molecule has 16 heteroatoms. The van der Waals surface area contributed by atoms with Gasteiger partial charge in [-0.1, -0.05) is 59.1 Å². The molecule has 292 valence electrons. The Kier molecular flexibility index (Phi) is 9.72. The summed E-state index contributed by atoms with van der Waals surface area (Å²) in [5.74, 6) is -6.40. The predicted molar refractivity (Wildman–Crippen MR) is 211 cm³/mol. The Morgan fingerprint density at radius 2 is 1.53 bits per heavy atom. The maximum Gasteiger partial charge on any atom is 0.488 e. The molecular weight excluding hydrogens is 776 g/mol. The summed E-state index contributed by atoms with van der Waals surface area (Å²) in [7, 11) is 2.44. The molecule has 4 aromatic rings. The third kappa shape index (κ3) is 5.84. The van der Waals surface area contributed by atoms with Crippen molar-refractivity contribution in [1.82, 2.24) is 5.01 Å². The average molecular weight is 812 g/mol. The Hall–Kier alpha value is -5.54. The van der Waals surface area contributed by atoms with Crippen LogP contribution in [0.15, 0.2) is 90.5 Å². The second-order valence-electron chi connectivity index (χ2n) is 14.5. The fraction of sp³-hybridized carbons (Fsp3) is 0.268. The number of halogens is 2. The third-order valence-corrected chi connectivity index (χ3v) is 12.4. The van der Waals surface area contributed by atoms with Gasteiger partial charge in [0.15, 0.2) is 11.5 Å². The number of nitrogens with one attached hydrogen (secondary N) is 1. The highest BCUT2D eigenvalue weighted by atomic mass is 35.5. The van der Waals surface area contributed by atoms with Gasteiger partial charge in [0.05, 0.1) is 60.9 Å². The molecule has 8 rings (SSSR count). The van der Waals surface area contributed by atoms with Gasteiger partial charge in [-0.2, -0.15) is 5.01 Å². The number of benzene rings is 4. The number of phenolic OH excluding ortho intramolecular Hbond substituents is 1. The fourth-order valence-corrected chi connectivity index (χ4v) is 9.83. The van der Waals surface area contributed by atoms with Crippen molar-refractivity contribution in [3.05, 3.63) is 112 Å². The molecule has 3 fully saturated rings. The van der Waals surface area contributed by atoms with Gasteiger partial charge >= 0.3 is 7.12 Å². The summed E-state index contributed by atoms with van der Waals surface area (Å²) in [6.07, 6.45) is 2.02. The predicted octanol–water partition coefficient (Wildman–Crippen LogP) is 4.59. The topological polar surface area (TPSA) is 175 Å². The first-order valence-corrected chi connectivity index (χ1v) is 18.8. The molecule has 13 nitrogen and oxygen atoms in total. The minimum Gasteiger partial charge on any atom is -0.502 e. The van der Waals surface area contributed by atoms with E-state index >= 15 is 9.59 Å². The normalized spacial score (nSPS) is 25.1. The Labute approximate surface area is 337 Å². The van der Waals surface area contributed by atoms with E-state index in [9.17, 15) is 24.7 Å². The molecule has 2 aliphatic heterocycles. The first-order chi connectivity index (χ1) is 27.3. The largest absolute Gasteiger partial charge is 0.502 e. The Morgan fingerprint density at radius 3 is 2.16 bits per heavy atom. The van der Waals surface area contributed by atoms with Crippen LogP contribution in [0.1, 0.15) is 29.9 Å². The lowest BCUT2D eigenvalue weighted by molar-refractivity contribution is -0.138. The Balaban J connectivity index is 1.35. The smallest absolute Gasteiger partial charge is 0.488 e. The monoisotopic (exact) mass is 811 g/mol. The van der Waals surface area contributed by atoms with Crippen molar-refractivity contribution < 1.29 is 48.5 Å². The van der Waals surface area contributed by atoms with Crippen molar-refractivity contribution in [2.24, 2.45) is 23.7 Å². The molecule has 0 radical (unpaired) electrons. The van der Waals surface area contributed by atoms with Crippen molar-refractivity contribution in [3.63, 3.8) is 0 Å². The second kappa shape index (κ2) is 14.4. The molecule has 0 spiro atoms. The maximum atomic E-state index is 15.5. The lowest BCUT2D eigenvalue weighted by Crippen LogP contribution is -2.53.